The van der Waals surface area contributed by atoms with E-state index in [1.165, 1.54) is 25.7 Å². The van der Waals surface area contributed by atoms with Gasteiger partial charge in [-0.2, -0.15) is 5.26 Å². The highest BCUT2D eigenvalue weighted by atomic mass is 15.1. The van der Waals surface area contributed by atoms with Gasteiger partial charge in [-0.05, 0) is 24.8 Å². The van der Waals surface area contributed by atoms with Gasteiger partial charge in [-0.25, -0.2) is 0 Å². The van der Waals surface area contributed by atoms with Crippen LogP contribution in [0.1, 0.15) is 31.2 Å². The first-order valence-corrected chi connectivity index (χ1v) is 5.86. The fourth-order valence-corrected chi connectivity index (χ4v) is 2.46. The molecule has 0 aliphatic heterocycles. The fraction of sp³-hybridized carbons (Fsp3) is 0.538. The summed E-state index contributed by atoms with van der Waals surface area (Å²) in [5.74, 6) is 0.789. The predicted octanol–water partition coefficient (Wildman–Crippen LogP) is 2.58. The lowest BCUT2D eigenvalue weighted by Gasteiger charge is -2.23. The molecule has 0 spiro atoms. The Labute approximate surface area is 96.7 Å². The SMILES string of the molecule is CN(CC1CCCC1)c1cnccc1C#N. The van der Waals surface area contributed by atoms with Crippen LogP contribution in [-0.2, 0) is 0 Å². The third-order valence-corrected chi connectivity index (χ3v) is 3.34. The van der Waals surface area contributed by atoms with Gasteiger partial charge >= 0.3 is 0 Å². The molecule has 0 saturated heterocycles. The molecule has 1 aliphatic rings. The van der Waals surface area contributed by atoms with Gasteiger partial charge in [0.15, 0.2) is 0 Å². The molecule has 1 aliphatic carbocycles. The maximum atomic E-state index is 9.02. The summed E-state index contributed by atoms with van der Waals surface area (Å²) in [5.41, 5.74) is 1.67. The van der Waals surface area contributed by atoms with Crippen molar-refractivity contribution in [2.75, 3.05) is 18.5 Å². The van der Waals surface area contributed by atoms with E-state index in [0.29, 0.717) is 0 Å². The van der Waals surface area contributed by atoms with E-state index < -0.39 is 0 Å². The van der Waals surface area contributed by atoms with Gasteiger partial charge in [0.05, 0.1) is 17.4 Å². The normalized spacial score (nSPS) is 16.0. The zero-order chi connectivity index (χ0) is 11.4. The van der Waals surface area contributed by atoms with E-state index in [-0.39, 0.29) is 0 Å². The zero-order valence-electron chi connectivity index (χ0n) is 9.69. The number of nitrogens with zero attached hydrogens (tertiary/aromatic N) is 3. The smallest absolute Gasteiger partial charge is 0.101 e. The quantitative estimate of drug-likeness (QED) is 0.778. The Kier molecular flexibility index (Phi) is 3.40. The average Bonchev–Trinajstić information content (AvgIpc) is 2.81. The Morgan fingerprint density at radius 3 is 2.94 bits per heavy atom. The number of hydrogen-bond acceptors (Lipinski definition) is 3. The summed E-state index contributed by atoms with van der Waals surface area (Å²) in [6.45, 7) is 1.04. The molecule has 1 aromatic heterocycles. The molecule has 0 aromatic carbocycles. The van der Waals surface area contributed by atoms with Crippen LogP contribution in [0, 0.1) is 17.2 Å². The predicted molar refractivity (Wildman–Crippen MR) is 64.2 cm³/mol. The molecule has 2 rings (SSSR count). The molecule has 3 heteroatoms. The molecule has 1 fully saturated rings. The van der Waals surface area contributed by atoms with Gasteiger partial charge in [-0.1, -0.05) is 12.8 Å². The molecule has 0 amide bonds. The summed E-state index contributed by atoms with van der Waals surface area (Å²) in [7, 11) is 2.05. The van der Waals surface area contributed by atoms with E-state index in [4.69, 9.17) is 5.26 Å². The fourth-order valence-electron chi connectivity index (χ4n) is 2.46. The number of hydrogen-bond donors (Lipinski definition) is 0. The van der Waals surface area contributed by atoms with Crippen molar-refractivity contribution in [2.24, 2.45) is 5.92 Å². The second-order valence-electron chi connectivity index (χ2n) is 4.54. The maximum absolute atomic E-state index is 9.02. The van der Waals surface area contributed by atoms with Crippen molar-refractivity contribution in [1.82, 2.24) is 4.98 Å². The third kappa shape index (κ3) is 2.33. The first-order chi connectivity index (χ1) is 7.81. The minimum Gasteiger partial charge on any atom is -0.372 e. The molecular formula is C13H17N3. The molecule has 0 bridgehead atoms. The monoisotopic (exact) mass is 215 g/mol. The molecule has 0 atom stereocenters. The van der Waals surface area contributed by atoms with Gasteiger partial charge in [0, 0.05) is 19.8 Å². The minimum absolute atomic E-state index is 0.718. The van der Waals surface area contributed by atoms with E-state index in [1.54, 1.807) is 18.5 Å². The van der Waals surface area contributed by atoms with Crippen LogP contribution in [0.15, 0.2) is 18.5 Å². The highest BCUT2D eigenvalue weighted by Crippen LogP contribution is 2.27. The van der Waals surface area contributed by atoms with Gasteiger partial charge in [0.1, 0.15) is 6.07 Å². The van der Waals surface area contributed by atoms with Crippen LogP contribution in [0.3, 0.4) is 0 Å². The zero-order valence-corrected chi connectivity index (χ0v) is 9.69. The van der Waals surface area contributed by atoms with Gasteiger partial charge < -0.3 is 4.90 Å². The van der Waals surface area contributed by atoms with Crippen LogP contribution >= 0.6 is 0 Å². The van der Waals surface area contributed by atoms with Crippen LogP contribution in [0.4, 0.5) is 5.69 Å². The van der Waals surface area contributed by atoms with E-state index in [1.807, 2.05) is 0 Å². The molecule has 0 unspecified atom stereocenters. The summed E-state index contributed by atoms with van der Waals surface area (Å²) in [6, 6.07) is 4.00. The highest BCUT2D eigenvalue weighted by Gasteiger charge is 2.18. The van der Waals surface area contributed by atoms with Crippen LogP contribution in [-0.4, -0.2) is 18.6 Å². The molecule has 3 nitrogen and oxygen atoms in total. The average molecular weight is 215 g/mol. The standard InChI is InChI=1S/C13H17N3/c1-16(10-11-4-2-3-5-11)13-9-15-7-6-12(13)8-14/h6-7,9,11H,2-5,10H2,1H3. The Morgan fingerprint density at radius 1 is 1.50 bits per heavy atom. The Bertz CT molecular complexity index is 388. The summed E-state index contributed by atoms with van der Waals surface area (Å²) in [4.78, 5) is 6.26. The second-order valence-corrected chi connectivity index (χ2v) is 4.54. The van der Waals surface area contributed by atoms with Gasteiger partial charge in [0.2, 0.25) is 0 Å². The summed E-state index contributed by atoms with van der Waals surface area (Å²) < 4.78 is 0. The Balaban J connectivity index is 2.08. The van der Waals surface area contributed by atoms with Crippen molar-refractivity contribution in [2.45, 2.75) is 25.7 Å². The lowest BCUT2D eigenvalue weighted by atomic mass is 10.1. The maximum Gasteiger partial charge on any atom is 0.101 e. The minimum atomic E-state index is 0.718. The van der Waals surface area contributed by atoms with Crippen LogP contribution in [0.2, 0.25) is 0 Å². The van der Waals surface area contributed by atoms with Crippen molar-refractivity contribution < 1.29 is 0 Å². The second kappa shape index (κ2) is 4.98. The Hall–Kier alpha value is -1.56. The summed E-state index contributed by atoms with van der Waals surface area (Å²) in [6.07, 6.45) is 8.82. The van der Waals surface area contributed by atoms with Crippen LogP contribution in [0.25, 0.3) is 0 Å². The van der Waals surface area contributed by atoms with Crippen molar-refractivity contribution in [1.29, 1.82) is 5.26 Å². The van der Waals surface area contributed by atoms with Crippen molar-refractivity contribution in [3.63, 3.8) is 0 Å². The lowest BCUT2D eigenvalue weighted by molar-refractivity contribution is 0.546. The molecule has 0 N–H and O–H groups in total. The lowest BCUT2D eigenvalue weighted by Crippen LogP contribution is -2.24. The van der Waals surface area contributed by atoms with Crippen LogP contribution < -0.4 is 4.90 Å². The molecular weight excluding hydrogens is 198 g/mol. The van der Waals surface area contributed by atoms with Crippen molar-refractivity contribution in [3.8, 4) is 6.07 Å². The number of pyridine rings is 1. The van der Waals surface area contributed by atoms with E-state index in [9.17, 15) is 0 Å². The molecule has 0 radical (unpaired) electrons. The van der Waals surface area contributed by atoms with Crippen LogP contribution in [0.5, 0.6) is 0 Å². The molecule has 1 saturated carbocycles. The summed E-state index contributed by atoms with van der Waals surface area (Å²) in [5, 5.41) is 9.02. The summed E-state index contributed by atoms with van der Waals surface area (Å²) >= 11 is 0. The topological polar surface area (TPSA) is 39.9 Å². The van der Waals surface area contributed by atoms with Crippen molar-refractivity contribution >= 4 is 5.69 Å². The van der Waals surface area contributed by atoms with E-state index >= 15 is 0 Å². The van der Waals surface area contributed by atoms with Gasteiger partial charge in [-0.3, -0.25) is 4.98 Å². The van der Waals surface area contributed by atoms with Crippen molar-refractivity contribution in [3.05, 3.63) is 24.0 Å². The number of anilines is 1. The molecule has 1 heterocycles. The molecule has 16 heavy (non-hydrogen) atoms. The largest absolute Gasteiger partial charge is 0.372 e. The first-order valence-electron chi connectivity index (χ1n) is 5.86. The number of nitriles is 1. The highest BCUT2D eigenvalue weighted by molar-refractivity contribution is 5.56. The third-order valence-electron chi connectivity index (χ3n) is 3.34. The number of aromatic nitrogens is 1. The van der Waals surface area contributed by atoms with E-state index in [0.717, 1.165) is 23.7 Å². The number of rotatable bonds is 3. The first kappa shape index (κ1) is 10.9. The van der Waals surface area contributed by atoms with Gasteiger partial charge in [0.25, 0.3) is 0 Å². The molecule has 84 valence electrons. The Morgan fingerprint density at radius 2 is 2.25 bits per heavy atom. The molecule has 1 aromatic rings. The van der Waals surface area contributed by atoms with Gasteiger partial charge in [-0.15, -0.1) is 0 Å². The van der Waals surface area contributed by atoms with E-state index in [2.05, 4.69) is 23.0 Å².